The number of rotatable bonds is 5. The molecule has 0 bridgehead atoms. The Balaban J connectivity index is 1.47. The van der Waals surface area contributed by atoms with E-state index in [9.17, 15) is 24.5 Å². The molecule has 0 saturated carbocycles. The van der Waals surface area contributed by atoms with Gasteiger partial charge in [-0.1, -0.05) is 18.2 Å². The van der Waals surface area contributed by atoms with Crippen LogP contribution in [0.1, 0.15) is 25.7 Å². The van der Waals surface area contributed by atoms with Crippen LogP contribution in [0, 0.1) is 17.0 Å². The summed E-state index contributed by atoms with van der Waals surface area (Å²) in [4.78, 5) is 52.9. The molecule has 2 heterocycles. The molecule has 4 rings (SSSR count). The number of hydrogen-bond acceptors (Lipinski definition) is 7. The van der Waals surface area contributed by atoms with Gasteiger partial charge in [-0.05, 0) is 25.1 Å². The molecular formula is C20H14N4O5S. The summed E-state index contributed by atoms with van der Waals surface area (Å²) in [7, 11) is 0. The second-order valence-corrected chi connectivity index (χ2v) is 7.59. The van der Waals surface area contributed by atoms with Gasteiger partial charge in [-0.15, -0.1) is 11.3 Å². The number of amides is 3. The lowest BCUT2D eigenvalue weighted by Gasteiger charge is -2.13. The fourth-order valence-electron chi connectivity index (χ4n) is 3.18. The molecule has 30 heavy (non-hydrogen) atoms. The molecule has 0 saturated heterocycles. The number of nitro benzene ring substituents is 1. The summed E-state index contributed by atoms with van der Waals surface area (Å²) in [6.07, 6.45) is 0. The third kappa shape index (κ3) is 3.44. The third-order valence-corrected chi connectivity index (χ3v) is 5.33. The van der Waals surface area contributed by atoms with Crippen LogP contribution in [0.4, 0.5) is 11.4 Å². The minimum Gasteiger partial charge on any atom is -0.325 e. The number of anilines is 1. The molecule has 0 fully saturated rings. The number of aromatic nitrogens is 1. The molecule has 1 aliphatic rings. The van der Waals surface area contributed by atoms with Gasteiger partial charge in [0, 0.05) is 22.7 Å². The number of hydrogen-bond donors (Lipinski definition) is 1. The number of imide groups is 1. The maximum Gasteiger partial charge on any atom is 0.282 e. The molecule has 3 aromatic rings. The number of nitrogens with one attached hydrogen (secondary N) is 1. The van der Waals surface area contributed by atoms with Crippen LogP contribution in [0.2, 0.25) is 0 Å². The predicted molar refractivity (Wildman–Crippen MR) is 109 cm³/mol. The summed E-state index contributed by atoms with van der Waals surface area (Å²) in [5.74, 6) is -2.18. The van der Waals surface area contributed by atoms with Crippen molar-refractivity contribution in [3.05, 3.63) is 74.1 Å². The van der Waals surface area contributed by atoms with Crippen LogP contribution in [0.15, 0.2) is 47.8 Å². The van der Waals surface area contributed by atoms with E-state index in [4.69, 9.17) is 0 Å². The number of carbonyl (C=O) groups excluding carboxylic acids is 3. The molecule has 0 aliphatic carbocycles. The lowest BCUT2D eigenvalue weighted by Crippen LogP contribution is -2.37. The summed E-state index contributed by atoms with van der Waals surface area (Å²) >= 11 is 1.54. The van der Waals surface area contributed by atoms with Crippen LogP contribution >= 0.6 is 11.3 Å². The number of fused-ring (bicyclic) bond motifs is 1. The van der Waals surface area contributed by atoms with Crippen molar-refractivity contribution >= 4 is 40.4 Å². The summed E-state index contributed by atoms with van der Waals surface area (Å²) in [6, 6.07) is 10.8. The van der Waals surface area contributed by atoms with Crippen molar-refractivity contribution in [3.63, 3.8) is 0 Å². The van der Waals surface area contributed by atoms with E-state index in [2.05, 4.69) is 10.3 Å². The second kappa shape index (κ2) is 7.48. The maximum atomic E-state index is 12.5. The molecule has 2 aromatic carbocycles. The van der Waals surface area contributed by atoms with Crippen molar-refractivity contribution in [1.82, 2.24) is 9.88 Å². The molecule has 0 atom stereocenters. The first-order valence-electron chi connectivity index (χ1n) is 8.81. The third-order valence-electron chi connectivity index (χ3n) is 4.56. The Morgan fingerprint density at radius 2 is 1.90 bits per heavy atom. The Morgan fingerprint density at radius 1 is 1.17 bits per heavy atom. The lowest BCUT2D eigenvalue weighted by molar-refractivity contribution is -0.385. The fourth-order valence-corrected chi connectivity index (χ4v) is 3.80. The van der Waals surface area contributed by atoms with Gasteiger partial charge in [-0.3, -0.25) is 29.4 Å². The van der Waals surface area contributed by atoms with Crippen molar-refractivity contribution in [1.29, 1.82) is 0 Å². The van der Waals surface area contributed by atoms with Crippen LogP contribution in [-0.4, -0.2) is 39.1 Å². The van der Waals surface area contributed by atoms with Crippen molar-refractivity contribution in [2.75, 3.05) is 11.9 Å². The summed E-state index contributed by atoms with van der Waals surface area (Å²) < 4.78 is 0. The zero-order chi connectivity index (χ0) is 21.4. The largest absolute Gasteiger partial charge is 0.325 e. The molecule has 9 nitrogen and oxygen atoms in total. The topological polar surface area (TPSA) is 123 Å². The summed E-state index contributed by atoms with van der Waals surface area (Å²) in [5, 5.41) is 16.7. The highest BCUT2D eigenvalue weighted by Crippen LogP contribution is 2.30. The number of thiazole rings is 1. The molecule has 1 N–H and O–H groups in total. The van der Waals surface area contributed by atoms with Crippen molar-refractivity contribution in [2.24, 2.45) is 0 Å². The van der Waals surface area contributed by atoms with Crippen LogP contribution in [0.25, 0.3) is 11.3 Å². The molecule has 150 valence electrons. The Kier molecular flexibility index (Phi) is 4.84. The highest BCUT2D eigenvalue weighted by Gasteiger charge is 2.41. The van der Waals surface area contributed by atoms with Gasteiger partial charge in [0.25, 0.3) is 17.5 Å². The van der Waals surface area contributed by atoms with Crippen LogP contribution in [-0.2, 0) is 4.79 Å². The van der Waals surface area contributed by atoms with Crippen molar-refractivity contribution in [2.45, 2.75) is 6.92 Å². The van der Waals surface area contributed by atoms with Crippen molar-refractivity contribution < 1.29 is 19.3 Å². The average molecular weight is 422 g/mol. The van der Waals surface area contributed by atoms with E-state index in [1.165, 1.54) is 23.5 Å². The molecule has 1 aromatic heterocycles. The quantitative estimate of drug-likeness (QED) is 0.382. The zero-order valence-corrected chi connectivity index (χ0v) is 16.4. The van der Waals surface area contributed by atoms with E-state index < -0.39 is 34.9 Å². The summed E-state index contributed by atoms with van der Waals surface area (Å²) in [6.45, 7) is 1.37. The van der Waals surface area contributed by atoms with Gasteiger partial charge in [-0.2, -0.15) is 0 Å². The van der Waals surface area contributed by atoms with Gasteiger partial charge in [-0.25, -0.2) is 4.98 Å². The molecule has 1 aliphatic heterocycles. The van der Waals surface area contributed by atoms with E-state index >= 15 is 0 Å². The van der Waals surface area contributed by atoms with E-state index in [0.29, 0.717) is 10.6 Å². The van der Waals surface area contributed by atoms with E-state index in [-0.39, 0.29) is 11.1 Å². The monoisotopic (exact) mass is 422 g/mol. The zero-order valence-electron chi connectivity index (χ0n) is 15.6. The molecular weight excluding hydrogens is 408 g/mol. The van der Waals surface area contributed by atoms with E-state index in [0.717, 1.165) is 22.3 Å². The first-order chi connectivity index (χ1) is 14.3. The SMILES string of the molecule is Cc1nc(-c2ccc(NC(=O)CN3C(=O)c4cccc([N+](=O)[O-])c4C3=O)cc2)cs1. The molecule has 3 amide bonds. The number of nitrogens with zero attached hydrogens (tertiary/aromatic N) is 3. The Bertz CT molecular complexity index is 1200. The van der Waals surface area contributed by atoms with E-state index in [1.807, 2.05) is 12.3 Å². The second-order valence-electron chi connectivity index (χ2n) is 6.53. The minimum atomic E-state index is -0.855. The highest BCUT2D eigenvalue weighted by molar-refractivity contribution is 7.09. The maximum absolute atomic E-state index is 12.5. The first-order valence-corrected chi connectivity index (χ1v) is 9.69. The Labute approximate surface area is 174 Å². The normalized spacial score (nSPS) is 12.8. The number of aryl methyl sites for hydroxylation is 1. The summed E-state index contributed by atoms with van der Waals surface area (Å²) in [5.41, 5.74) is 1.39. The molecule has 0 unspecified atom stereocenters. The van der Waals surface area contributed by atoms with Gasteiger partial charge in [0.2, 0.25) is 5.91 Å². The van der Waals surface area contributed by atoms with Crippen LogP contribution in [0.5, 0.6) is 0 Å². The fraction of sp³-hybridized carbons (Fsp3) is 0.100. The van der Waals surface area contributed by atoms with Gasteiger partial charge in [0.1, 0.15) is 12.1 Å². The molecule has 10 heteroatoms. The van der Waals surface area contributed by atoms with Gasteiger partial charge >= 0.3 is 0 Å². The van der Waals surface area contributed by atoms with Crippen molar-refractivity contribution in [3.8, 4) is 11.3 Å². The predicted octanol–water partition coefficient (Wildman–Crippen LogP) is 3.26. The van der Waals surface area contributed by atoms with Gasteiger partial charge in [0.05, 0.1) is 21.2 Å². The minimum absolute atomic E-state index is 0.0788. The Morgan fingerprint density at radius 3 is 2.53 bits per heavy atom. The van der Waals surface area contributed by atoms with Crippen LogP contribution < -0.4 is 5.32 Å². The Hall–Kier alpha value is -3.92. The standard InChI is InChI=1S/C20H14N4O5S/c1-11-21-15(10-30-11)12-5-7-13(8-6-12)22-17(25)9-23-19(26)14-3-2-4-16(24(28)29)18(14)20(23)27/h2-8,10H,9H2,1H3,(H,22,25). The molecule has 0 radical (unpaired) electrons. The number of nitro groups is 1. The number of carbonyl (C=O) groups is 3. The highest BCUT2D eigenvalue weighted by atomic mass is 32.1. The average Bonchev–Trinajstić information content (AvgIpc) is 3.26. The number of benzene rings is 2. The smallest absolute Gasteiger partial charge is 0.282 e. The van der Waals surface area contributed by atoms with E-state index in [1.54, 1.807) is 24.3 Å². The van der Waals surface area contributed by atoms with Gasteiger partial charge in [0.15, 0.2) is 0 Å². The first kappa shape index (κ1) is 19.4. The van der Waals surface area contributed by atoms with Gasteiger partial charge < -0.3 is 5.32 Å². The molecule has 0 spiro atoms. The van der Waals surface area contributed by atoms with Crippen LogP contribution in [0.3, 0.4) is 0 Å². The lowest BCUT2D eigenvalue weighted by atomic mass is 10.1.